The van der Waals surface area contributed by atoms with E-state index >= 15 is 0 Å². The molecule has 1 atom stereocenters. The Bertz CT molecular complexity index is 1140. The number of nitrogens with one attached hydrogen (secondary N) is 2. The zero-order valence-corrected chi connectivity index (χ0v) is 18.8. The van der Waals surface area contributed by atoms with Crippen LogP contribution in [0.4, 0.5) is 15.8 Å². The van der Waals surface area contributed by atoms with E-state index < -0.39 is 5.92 Å². The molecule has 1 saturated heterocycles. The maximum Gasteiger partial charge on any atom is 0.243 e. The molecule has 8 heteroatoms. The van der Waals surface area contributed by atoms with E-state index in [1.807, 2.05) is 37.3 Å². The maximum absolute atomic E-state index is 13.1. The number of halogens is 1. The van der Waals surface area contributed by atoms with E-state index in [-0.39, 0.29) is 30.7 Å². The molecule has 0 unspecified atom stereocenters. The van der Waals surface area contributed by atoms with Crippen LogP contribution in [-0.4, -0.2) is 25.0 Å². The molecule has 4 rings (SSSR count). The van der Waals surface area contributed by atoms with Gasteiger partial charge in [0.05, 0.1) is 18.2 Å². The fourth-order valence-electron chi connectivity index (χ4n) is 3.69. The Hall–Kier alpha value is -4.07. The molecule has 7 nitrogen and oxygen atoms in total. The highest BCUT2D eigenvalue weighted by atomic mass is 19.1. The van der Waals surface area contributed by atoms with Gasteiger partial charge >= 0.3 is 0 Å². The van der Waals surface area contributed by atoms with Crippen molar-refractivity contribution < 1.29 is 23.5 Å². The van der Waals surface area contributed by atoms with Crippen molar-refractivity contribution in [3.8, 4) is 11.5 Å². The average molecular weight is 464 g/mol. The number of amides is 2. The first-order valence-electron chi connectivity index (χ1n) is 11.1. The topological polar surface area (TPSA) is 79.9 Å². The fourth-order valence-corrected chi connectivity index (χ4v) is 3.69. The quantitative estimate of drug-likeness (QED) is 0.463. The number of anilines is 2. The summed E-state index contributed by atoms with van der Waals surface area (Å²) < 4.78 is 24.6. The summed E-state index contributed by atoms with van der Waals surface area (Å²) in [5.74, 6) is -0.0528. The number of hydrogen-bond acceptors (Lipinski definition) is 5. The molecule has 0 radical (unpaired) electrons. The number of nitrogens with zero attached hydrogens (tertiary/aromatic N) is 1. The van der Waals surface area contributed by atoms with Crippen LogP contribution in [0.2, 0.25) is 0 Å². The van der Waals surface area contributed by atoms with Crippen molar-refractivity contribution in [2.75, 3.05) is 23.5 Å². The molecule has 34 heavy (non-hydrogen) atoms. The number of carbonyl (C=O) groups excluding carboxylic acids is 2. The van der Waals surface area contributed by atoms with Gasteiger partial charge in [0.25, 0.3) is 0 Å². The lowest BCUT2D eigenvalue weighted by atomic mass is 10.1. The Kier molecular flexibility index (Phi) is 7.27. The van der Waals surface area contributed by atoms with Crippen LogP contribution in [-0.2, 0) is 16.2 Å². The van der Waals surface area contributed by atoms with Crippen LogP contribution < -0.4 is 25.2 Å². The molecule has 2 amide bonds. The Morgan fingerprint density at radius 1 is 1.03 bits per heavy atom. The van der Waals surface area contributed by atoms with Crippen LogP contribution in [0.5, 0.6) is 11.5 Å². The second-order valence-corrected chi connectivity index (χ2v) is 7.86. The standard InChI is InChI=1S/C26H26FN3O4/c1-2-33-24-15-21(12-13-23(24)34-17-18-8-10-20(27)11-9-18)28-29-26(32)19-14-25(31)30(16-19)22-6-4-3-5-7-22/h3-13,15,19,28H,2,14,16-17H2,1H3,(H,29,32)/t19-/m1/s1. The lowest BCUT2D eigenvalue weighted by Crippen LogP contribution is -2.36. The second kappa shape index (κ2) is 10.7. The molecule has 1 heterocycles. The molecule has 1 aliphatic rings. The van der Waals surface area contributed by atoms with Crippen molar-refractivity contribution in [2.24, 2.45) is 5.92 Å². The largest absolute Gasteiger partial charge is 0.490 e. The van der Waals surface area contributed by atoms with Crippen LogP contribution in [0.1, 0.15) is 18.9 Å². The second-order valence-electron chi connectivity index (χ2n) is 7.86. The van der Waals surface area contributed by atoms with Gasteiger partial charge in [-0.3, -0.25) is 20.4 Å². The molecule has 1 fully saturated rings. The van der Waals surface area contributed by atoms with Crippen LogP contribution in [0.3, 0.4) is 0 Å². The Morgan fingerprint density at radius 2 is 1.79 bits per heavy atom. The molecule has 1 aliphatic heterocycles. The zero-order chi connectivity index (χ0) is 23.9. The van der Waals surface area contributed by atoms with Gasteiger partial charge in [-0.2, -0.15) is 0 Å². The molecule has 176 valence electrons. The Morgan fingerprint density at radius 3 is 2.53 bits per heavy atom. The van der Waals surface area contributed by atoms with E-state index in [4.69, 9.17) is 9.47 Å². The molecule has 0 saturated carbocycles. The van der Waals surface area contributed by atoms with Gasteiger partial charge in [-0.15, -0.1) is 0 Å². The van der Waals surface area contributed by atoms with Gasteiger partial charge in [-0.05, 0) is 48.9 Å². The first-order valence-corrected chi connectivity index (χ1v) is 11.1. The highest BCUT2D eigenvalue weighted by Gasteiger charge is 2.35. The van der Waals surface area contributed by atoms with Crippen LogP contribution in [0.15, 0.2) is 72.8 Å². The van der Waals surface area contributed by atoms with Crippen molar-refractivity contribution in [2.45, 2.75) is 20.0 Å². The Balaban J connectivity index is 1.35. The van der Waals surface area contributed by atoms with Crippen molar-refractivity contribution in [3.63, 3.8) is 0 Å². The summed E-state index contributed by atoms with van der Waals surface area (Å²) in [4.78, 5) is 26.7. The number of rotatable bonds is 9. The van der Waals surface area contributed by atoms with E-state index in [1.165, 1.54) is 12.1 Å². The lowest BCUT2D eigenvalue weighted by molar-refractivity contribution is -0.125. The third-order valence-corrected chi connectivity index (χ3v) is 5.44. The van der Waals surface area contributed by atoms with E-state index in [1.54, 1.807) is 35.2 Å². The number of para-hydroxylation sites is 1. The maximum atomic E-state index is 13.1. The molecule has 3 aromatic rings. The summed E-state index contributed by atoms with van der Waals surface area (Å²) in [6, 6.07) is 20.6. The van der Waals surface area contributed by atoms with Crippen molar-refractivity contribution >= 4 is 23.2 Å². The molecule has 0 spiro atoms. The monoisotopic (exact) mass is 463 g/mol. The van der Waals surface area contributed by atoms with Gasteiger partial charge < -0.3 is 14.4 Å². The van der Waals surface area contributed by atoms with Crippen LogP contribution >= 0.6 is 0 Å². The van der Waals surface area contributed by atoms with E-state index in [9.17, 15) is 14.0 Å². The molecule has 0 bridgehead atoms. The van der Waals surface area contributed by atoms with E-state index in [0.717, 1.165) is 11.3 Å². The zero-order valence-electron chi connectivity index (χ0n) is 18.8. The molecular formula is C26H26FN3O4. The molecule has 0 aromatic heterocycles. The third-order valence-electron chi connectivity index (χ3n) is 5.44. The van der Waals surface area contributed by atoms with Gasteiger partial charge in [0.1, 0.15) is 12.4 Å². The van der Waals surface area contributed by atoms with E-state index in [2.05, 4.69) is 10.9 Å². The predicted molar refractivity (Wildman–Crippen MR) is 127 cm³/mol. The van der Waals surface area contributed by atoms with Gasteiger partial charge in [-0.25, -0.2) is 4.39 Å². The summed E-state index contributed by atoms with van der Waals surface area (Å²) in [6.45, 7) is 2.89. The van der Waals surface area contributed by atoms with Gasteiger partial charge in [0.2, 0.25) is 11.8 Å². The van der Waals surface area contributed by atoms with Gasteiger partial charge in [0.15, 0.2) is 11.5 Å². The fraction of sp³-hybridized carbons (Fsp3) is 0.231. The molecule has 2 N–H and O–H groups in total. The third kappa shape index (κ3) is 5.64. The normalized spacial score (nSPS) is 15.2. The average Bonchev–Trinajstić information content (AvgIpc) is 3.25. The van der Waals surface area contributed by atoms with Gasteiger partial charge in [-0.1, -0.05) is 30.3 Å². The first-order chi connectivity index (χ1) is 16.5. The van der Waals surface area contributed by atoms with Crippen molar-refractivity contribution in [3.05, 3.63) is 84.2 Å². The summed E-state index contributed by atoms with van der Waals surface area (Å²) in [6.07, 6.45) is 0.156. The summed E-state index contributed by atoms with van der Waals surface area (Å²) in [7, 11) is 0. The highest BCUT2D eigenvalue weighted by Crippen LogP contribution is 2.31. The smallest absolute Gasteiger partial charge is 0.243 e. The van der Waals surface area contributed by atoms with Crippen LogP contribution in [0, 0.1) is 11.7 Å². The Labute approximate surface area is 197 Å². The number of ether oxygens (including phenoxy) is 2. The molecule has 3 aromatic carbocycles. The number of benzene rings is 3. The summed E-state index contributed by atoms with van der Waals surface area (Å²) in [5.41, 5.74) is 7.80. The molecule has 0 aliphatic carbocycles. The number of hydrazine groups is 1. The molecular weight excluding hydrogens is 437 g/mol. The van der Waals surface area contributed by atoms with Crippen molar-refractivity contribution in [1.82, 2.24) is 5.43 Å². The minimum Gasteiger partial charge on any atom is -0.490 e. The van der Waals surface area contributed by atoms with Crippen LogP contribution in [0.25, 0.3) is 0 Å². The minimum absolute atomic E-state index is 0.0763. The minimum atomic E-state index is -0.454. The van der Waals surface area contributed by atoms with Gasteiger partial charge in [0, 0.05) is 24.7 Å². The number of hydrogen-bond donors (Lipinski definition) is 2. The highest BCUT2D eigenvalue weighted by molar-refractivity contribution is 6.00. The SMILES string of the molecule is CCOc1cc(NNC(=O)[C@@H]2CC(=O)N(c3ccccc3)C2)ccc1OCc1ccc(F)cc1. The van der Waals surface area contributed by atoms with E-state index in [0.29, 0.717) is 30.3 Å². The number of carbonyl (C=O) groups is 2. The predicted octanol–water partition coefficient (Wildman–Crippen LogP) is 4.30. The lowest BCUT2D eigenvalue weighted by Gasteiger charge is -2.17. The summed E-state index contributed by atoms with van der Waals surface area (Å²) >= 11 is 0. The first kappa shape index (κ1) is 23.1. The summed E-state index contributed by atoms with van der Waals surface area (Å²) in [5, 5.41) is 0. The van der Waals surface area contributed by atoms with Crippen molar-refractivity contribution in [1.29, 1.82) is 0 Å².